The van der Waals surface area contributed by atoms with Crippen molar-refractivity contribution >= 4 is 45.9 Å². The van der Waals surface area contributed by atoms with Gasteiger partial charge >= 0.3 is 7.12 Å². The molecule has 1 heterocycles. The largest absolute Gasteiger partial charge is 0.506 e. The third-order valence-electron chi connectivity index (χ3n) is 1.93. The highest BCUT2D eigenvalue weighted by Crippen LogP contribution is 2.33. The number of hydrogen-bond acceptors (Lipinski definition) is 5. The van der Waals surface area contributed by atoms with Gasteiger partial charge in [0.1, 0.15) is 5.75 Å². The average molecular weight is 226 g/mol. The first kappa shape index (κ1) is 9.85. The molecule has 1 aromatic carbocycles. The van der Waals surface area contributed by atoms with Crippen molar-refractivity contribution in [3.8, 4) is 5.75 Å². The van der Waals surface area contributed by atoms with Crippen molar-refractivity contribution in [2.45, 2.75) is 4.90 Å². The van der Waals surface area contributed by atoms with Gasteiger partial charge in [-0.2, -0.15) is 0 Å². The zero-order valence-electron chi connectivity index (χ0n) is 7.01. The predicted octanol–water partition coefficient (Wildman–Crippen LogP) is 0.575. The minimum atomic E-state index is -1.54. The van der Waals surface area contributed by atoms with Gasteiger partial charge in [-0.15, -0.1) is 24.0 Å². The molecule has 2 aromatic rings. The molecule has 0 saturated heterocycles. The summed E-state index contributed by atoms with van der Waals surface area (Å²) < 4.78 is 0.977. The molecular weight excluding hydrogens is 219 g/mol. The first-order chi connectivity index (χ1) is 6.61. The summed E-state index contributed by atoms with van der Waals surface area (Å²) in [4.78, 5) is 0.510. The number of thiol groups is 1. The van der Waals surface area contributed by atoms with Crippen LogP contribution >= 0.6 is 24.0 Å². The zero-order valence-corrected chi connectivity index (χ0v) is 8.72. The third kappa shape index (κ3) is 1.40. The Morgan fingerprint density at radius 2 is 2.00 bits per heavy atom. The second-order valence-corrected chi connectivity index (χ2v) is 4.34. The van der Waals surface area contributed by atoms with E-state index >= 15 is 0 Å². The molecule has 0 aliphatic carbocycles. The van der Waals surface area contributed by atoms with Crippen LogP contribution in [-0.2, 0) is 0 Å². The van der Waals surface area contributed by atoms with Crippen molar-refractivity contribution in [3.05, 3.63) is 18.2 Å². The fourth-order valence-corrected chi connectivity index (χ4v) is 2.78. The molecule has 6 heteroatoms. The second-order valence-electron chi connectivity index (χ2n) is 2.84. The number of rotatable bonds is 1. The average Bonchev–Trinajstić information content (AvgIpc) is 2.46. The monoisotopic (exact) mass is 226 g/mol. The maximum atomic E-state index is 9.50. The first-order valence-corrected chi connectivity index (χ1v) is 5.17. The summed E-state index contributed by atoms with van der Waals surface area (Å²) in [5, 5.41) is 28.3. The maximum absolute atomic E-state index is 9.50. The van der Waals surface area contributed by atoms with Gasteiger partial charge < -0.3 is 15.2 Å². The van der Waals surface area contributed by atoms with Gasteiger partial charge in [-0.1, -0.05) is 12.1 Å². The van der Waals surface area contributed by atoms with E-state index < -0.39 is 7.12 Å². The second kappa shape index (κ2) is 3.47. The fraction of sp³-hybridized carbons (Fsp3) is 0. The number of benzene rings is 1. The van der Waals surface area contributed by atoms with Crippen LogP contribution in [-0.4, -0.2) is 22.3 Å². The summed E-state index contributed by atoms with van der Waals surface area (Å²) >= 11 is 5.31. The van der Waals surface area contributed by atoms with E-state index in [2.05, 4.69) is 12.6 Å². The Kier molecular flexibility index (Phi) is 2.44. The molecule has 0 spiro atoms. The Balaban J connectivity index is 2.80. The Hall–Kier alpha value is -0.685. The molecule has 2 rings (SSSR count). The minimum absolute atomic E-state index is 0.134. The standard InChI is InChI=1S/C8H7BO3S2/c10-5-3-1-2-4-6(13)8(9(11)12)14-7(4)5/h1-3,10-13H. The normalized spacial score (nSPS) is 10.8. The van der Waals surface area contributed by atoms with Crippen LogP contribution in [0.4, 0.5) is 0 Å². The molecule has 0 radical (unpaired) electrons. The molecule has 0 bridgehead atoms. The molecule has 0 unspecified atom stereocenters. The van der Waals surface area contributed by atoms with Gasteiger partial charge in [0.05, 0.1) is 4.70 Å². The van der Waals surface area contributed by atoms with E-state index in [0.717, 1.165) is 16.7 Å². The van der Waals surface area contributed by atoms with Crippen LogP contribution < -0.4 is 4.78 Å². The topological polar surface area (TPSA) is 60.7 Å². The van der Waals surface area contributed by atoms with Crippen LogP contribution in [0.2, 0.25) is 0 Å². The smallest absolute Gasteiger partial charge is 0.500 e. The summed E-state index contributed by atoms with van der Waals surface area (Å²) in [7, 11) is -1.54. The Bertz CT molecular complexity index is 481. The lowest BCUT2D eigenvalue weighted by molar-refractivity contribution is 0.426. The molecular formula is C8H7BO3S2. The van der Waals surface area contributed by atoms with Crippen molar-refractivity contribution in [2.24, 2.45) is 0 Å². The van der Waals surface area contributed by atoms with Crippen LogP contribution in [0.15, 0.2) is 23.1 Å². The summed E-state index contributed by atoms with van der Waals surface area (Å²) in [6, 6.07) is 5.02. The molecule has 0 atom stereocenters. The molecule has 72 valence electrons. The molecule has 14 heavy (non-hydrogen) atoms. The molecule has 0 saturated carbocycles. The van der Waals surface area contributed by atoms with E-state index in [9.17, 15) is 5.11 Å². The number of aromatic hydroxyl groups is 1. The lowest BCUT2D eigenvalue weighted by Gasteiger charge is -1.94. The van der Waals surface area contributed by atoms with Gasteiger partial charge in [0.15, 0.2) is 0 Å². The lowest BCUT2D eigenvalue weighted by Crippen LogP contribution is -2.27. The lowest BCUT2D eigenvalue weighted by atomic mass is 9.89. The van der Waals surface area contributed by atoms with Crippen LogP contribution in [0.3, 0.4) is 0 Å². The minimum Gasteiger partial charge on any atom is -0.506 e. The van der Waals surface area contributed by atoms with E-state index in [-0.39, 0.29) is 5.75 Å². The van der Waals surface area contributed by atoms with Crippen molar-refractivity contribution in [1.29, 1.82) is 0 Å². The highest BCUT2D eigenvalue weighted by atomic mass is 32.1. The third-order valence-corrected chi connectivity index (χ3v) is 3.83. The molecule has 0 fully saturated rings. The van der Waals surface area contributed by atoms with Crippen molar-refractivity contribution in [3.63, 3.8) is 0 Å². The highest BCUT2D eigenvalue weighted by Gasteiger charge is 2.20. The highest BCUT2D eigenvalue weighted by molar-refractivity contribution is 7.81. The quantitative estimate of drug-likeness (QED) is 0.425. The van der Waals surface area contributed by atoms with Gasteiger partial charge in [0.2, 0.25) is 0 Å². The maximum Gasteiger partial charge on any atom is 0.500 e. The summed E-state index contributed by atoms with van der Waals surface area (Å²) in [5.74, 6) is 0.134. The van der Waals surface area contributed by atoms with Crippen LogP contribution in [0.5, 0.6) is 5.75 Å². The van der Waals surface area contributed by atoms with Crippen LogP contribution in [0.25, 0.3) is 10.1 Å². The van der Waals surface area contributed by atoms with Gasteiger partial charge in [-0.05, 0) is 6.07 Å². The number of phenolic OH excluding ortho intramolecular Hbond substituents is 1. The number of hydrogen-bond donors (Lipinski definition) is 4. The van der Waals surface area contributed by atoms with E-state index in [0.29, 0.717) is 14.4 Å². The predicted molar refractivity (Wildman–Crippen MR) is 60.6 cm³/mol. The Morgan fingerprint density at radius 3 is 2.57 bits per heavy atom. The number of thiophene rings is 1. The number of phenols is 1. The van der Waals surface area contributed by atoms with Crippen molar-refractivity contribution in [2.75, 3.05) is 0 Å². The van der Waals surface area contributed by atoms with Gasteiger partial charge in [-0.25, -0.2) is 0 Å². The van der Waals surface area contributed by atoms with E-state index in [1.54, 1.807) is 18.2 Å². The Labute approximate surface area is 90.2 Å². The fourth-order valence-electron chi connectivity index (χ4n) is 1.28. The molecule has 0 aliphatic rings. The van der Waals surface area contributed by atoms with Crippen molar-refractivity contribution < 1.29 is 15.2 Å². The summed E-state index contributed by atoms with van der Waals surface area (Å²) in [5.41, 5.74) is 0. The molecule has 0 amide bonds. The SMILES string of the molecule is OB(O)c1sc2c(O)cccc2c1S. The summed E-state index contributed by atoms with van der Waals surface area (Å²) in [6.07, 6.45) is 0. The van der Waals surface area contributed by atoms with Gasteiger partial charge in [0.25, 0.3) is 0 Å². The molecule has 3 N–H and O–H groups in total. The van der Waals surface area contributed by atoms with Crippen LogP contribution in [0, 0.1) is 0 Å². The molecule has 0 aliphatic heterocycles. The van der Waals surface area contributed by atoms with Gasteiger partial charge in [-0.3, -0.25) is 0 Å². The molecule has 1 aromatic heterocycles. The Morgan fingerprint density at radius 1 is 1.29 bits per heavy atom. The van der Waals surface area contributed by atoms with Crippen molar-refractivity contribution in [1.82, 2.24) is 0 Å². The summed E-state index contributed by atoms with van der Waals surface area (Å²) in [6.45, 7) is 0. The van der Waals surface area contributed by atoms with E-state index in [4.69, 9.17) is 10.0 Å². The van der Waals surface area contributed by atoms with Gasteiger partial charge in [0, 0.05) is 15.1 Å². The zero-order chi connectivity index (χ0) is 10.3. The number of fused-ring (bicyclic) bond motifs is 1. The first-order valence-electron chi connectivity index (χ1n) is 3.90. The molecule has 3 nitrogen and oxygen atoms in total. The van der Waals surface area contributed by atoms with Crippen LogP contribution in [0.1, 0.15) is 0 Å². The van der Waals surface area contributed by atoms with E-state index in [1.807, 2.05) is 0 Å². The van der Waals surface area contributed by atoms with E-state index in [1.165, 1.54) is 0 Å².